The van der Waals surface area contributed by atoms with E-state index in [4.69, 9.17) is 9.47 Å². The van der Waals surface area contributed by atoms with Gasteiger partial charge in [-0.05, 0) is 36.2 Å². The lowest BCUT2D eigenvalue weighted by molar-refractivity contribution is -0.121. The van der Waals surface area contributed by atoms with Gasteiger partial charge in [-0.25, -0.2) is 0 Å². The Hall–Kier alpha value is -3.22. The van der Waals surface area contributed by atoms with E-state index in [1.54, 1.807) is 19.1 Å². The molecule has 29 heavy (non-hydrogen) atoms. The zero-order valence-corrected chi connectivity index (χ0v) is 17.2. The lowest BCUT2D eigenvalue weighted by Crippen LogP contribution is -2.42. The summed E-state index contributed by atoms with van der Waals surface area (Å²) in [5.41, 5.74) is 2.01. The lowest BCUT2D eigenvalue weighted by atomic mass is 10.2. The van der Waals surface area contributed by atoms with Crippen molar-refractivity contribution in [3.05, 3.63) is 54.1 Å². The second-order valence-corrected chi connectivity index (χ2v) is 6.83. The Labute approximate surface area is 171 Å². The summed E-state index contributed by atoms with van der Waals surface area (Å²) in [6.07, 6.45) is 0.801. The van der Waals surface area contributed by atoms with Gasteiger partial charge in [0.15, 0.2) is 12.6 Å². The molecule has 7 nitrogen and oxygen atoms in total. The number of hydrogen-bond acceptors (Lipinski definition) is 4. The Morgan fingerprint density at radius 3 is 2.72 bits per heavy atom. The second kappa shape index (κ2) is 9.82. The molecule has 1 N–H and O–H groups in total. The summed E-state index contributed by atoms with van der Waals surface area (Å²) in [6, 6.07) is 15.6. The molecule has 154 valence electrons. The maximum Gasteiger partial charge on any atom is 0.265 e. The Morgan fingerprint density at radius 2 is 2.00 bits per heavy atom. The number of para-hydroxylation sites is 2. The molecule has 0 aliphatic carbocycles. The first-order chi connectivity index (χ1) is 14.1. The van der Waals surface area contributed by atoms with Crippen LogP contribution in [0.1, 0.15) is 12.0 Å². The van der Waals surface area contributed by atoms with Gasteiger partial charge in [-0.2, -0.15) is 0 Å². The average Bonchev–Trinajstić information content (AvgIpc) is 2.75. The van der Waals surface area contributed by atoms with E-state index in [1.165, 1.54) is 5.56 Å². The number of aliphatic imine (C=N–C) groups is 1. The van der Waals surface area contributed by atoms with Gasteiger partial charge in [-0.1, -0.05) is 24.3 Å². The fourth-order valence-electron chi connectivity index (χ4n) is 3.30. The molecule has 0 saturated heterocycles. The Morgan fingerprint density at radius 1 is 1.24 bits per heavy atom. The maximum absolute atomic E-state index is 12.2. The Balaban J connectivity index is 1.49. The largest absolute Gasteiger partial charge is 0.497 e. The molecule has 0 saturated carbocycles. The molecule has 1 heterocycles. The highest BCUT2D eigenvalue weighted by Gasteiger charge is 2.24. The molecule has 0 bridgehead atoms. The molecule has 1 aliphatic rings. The van der Waals surface area contributed by atoms with Crippen LogP contribution in [0.5, 0.6) is 11.5 Å². The van der Waals surface area contributed by atoms with Crippen molar-refractivity contribution in [2.75, 3.05) is 45.8 Å². The minimum atomic E-state index is -0.00953. The SMILES string of the molecule is CN=C(NCCCN1C(=O)COc2ccccc21)N(C)Cc1ccc(OC)cc1. The summed E-state index contributed by atoms with van der Waals surface area (Å²) in [4.78, 5) is 20.5. The number of benzene rings is 2. The molecule has 0 fully saturated rings. The molecule has 7 heteroatoms. The predicted octanol–water partition coefficient (Wildman–Crippen LogP) is 2.52. The summed E-state index contributed by atoms with van der Waals surface area (Å²) in [7, 11) is 5.44. The molecule has 0 spiro atoms. The first-order valence-electron chi connectivity index (χ1n) is 9.69. The van der Waals surface area contributed by atoms with Crippen molar-refractivity contribution in [2.45, 2.75) is 13.0 Å². The quantitative estimate of drug-likeness (QED) is 0.443. The van der Waals surface area contributed by atoms with E-state index in [9.17, 15) is 4.79 Å². The van der Waals surface area contributed by atoms with Gasteiger partial charge in [0.25, 0.3) is 5.91 Å². The van der Waals surface area contributed by atoms with Gasteiger partial charge in [0, 0.05) is 33.7 Å². The minimum absolute atomic E-state index is 0.00953. The van der Waals surface area contributed by atoms with E-state index in [0.29, 0.717) is 13.1 Å². The number of anilines is 1. The third kappa shape index (κ3) is 5.19. The molecule has 0 aromatic heterocycles. The van der Waals surface area contributed by atoms with Crippen LogP contribution in [0.25, 0.3) is 0 Å². The number of rotatable bonds is 7. The van der Waals surface area contributed by atoms with Crippen molar-refractivity contribution in [3.63, 3.8) is 0 Å². The van der Waals surface area contributed by atoms with E-state index < -0.39 is 0 Å². The van der Waals surface area contributed by atoms with Crippen molar-refractivity contribution in [1.29, 1.82) is 0 Å². The van der Waals surface area contributed by atoms with Gasteiger partial charge in [0.1, 0.15) is 11.5 Å². The molecule has 1 aliphatic heterocycles. The number of fused-ring (bicyclic) bond motifs is 1. The van der Waals surface area contributed by atoms with E-state index in [0.717, 1.165) is 36.1 Å². The highest BCUT2D eigenvalue weighted by atomic mass is 16.5. The molecule has 0 atom stereocenters. The number of nitrogens with zero attached hydrogens (tertiary/aromatic N) is 3. The molecule has 3 rings (SSSR count). The van der Waals surface area contributed by atoms with Crippen LogP contribution in [0.2, 0.25) is 0 Å². The third-order valence-electron chi connectivity index (χ3n) is 4.80. The molecular formula is C22H28N4O3. The molecule has 0 unspecified atom stereocenters. The van der Waals surface area contributed by atoms with E-state index in [-0.39, 0.29) is 12.5 Å². The first kappa shape index (κ1) is 20.5. The van der Waals surface area contributed by atoms with E-state index in [1.807, 2.05) is 55.6 Å². The summed E-state index contributed by atoms with van der Waals surface area (Å²) in [5, 5.41) is 3.37. The third-order valence-corrected chi connectivity index (χ3v) is 4.80. The topological polar surface area (TPSA) is 66.4 Å². The van der Waals surface area contributed by atoms with Crippen LogP contribution in [0.3, 0.4) is 0 Å². The summed E-state index contributed by atoms with van der Waals surface area (Å²) >= 11 is 0. The van der Waals surface area contributed by atoms with Crippen LogP contribution < -0.4 is 19.7 Å². The normalized spacial score (nSPS) is 13.6. The van der Waals surface area contributed by atoms with Crippen LogP contribution in [-0.4, -0.2) is 57.7 Å². The zero-order valence-electron chi connectivity index (χ0n) is 17.2. The van der Waals surface area contributed by atoms with Crippen molar-refractivity contribution in [1.82, 2.24) is 10.2 Å². The molecular weight excluding hydrogens is 368 g/mol. The Bertz CT molecular complexity index is 851. The van der Waals surface area contributed by atoms with Crippen molar-refractivity contribution in [3.8, 4) is 11.5 Å². The van der Waals surface area contributed by atoms with Crippen LogP contribution in [-0.2, 0) is 11.3 Å². The predicted molar refractivity (Wildman–Crippen MR) is 115 cm³/mol. The number of carbonyl (C=O) groups is 1. The Kier molecular flexibility index (Phi) is 6.94. The van der Waals surface area contributed by atoms with Gasteiger partial charge in [0.05, 0.1) is 12.8 Å². The number of guanidine groups is 1. The summed E-state index contributed by atoms with van der Waals surface area (Å²) < 4.78 is 10.7. The number of hydrogen-bond donors (Lipinski definition) is 1. The first-order valence-corrected chi connectivity index (χ1v) is 9.69. The summed E-state index contributed by atoms with van der Waals surface area (Å²) in [5.74, 6) is 2.41. The molecule has 2 aromatic carbocycles. The zero-order chi connectivity index (χ0) is 20.6. The molecule has 2 aromatic rings. The fraction of sp³-hybridized carbons (Fsp3) is 0.364. The number of nitrogens with one attached hydrogen (secondary N) is 1. The van der Waals surface area contributed by atoms with Gasteiger partial charge in [-0.15, -0.1) is 0 Å². The van der Waals surface area contributed by atoms with E-state index in [2.05, 4.69) is 15.2 Å². The van der Waals surface area contributed by atoms with Gasteiger partial charge >= 0.3 is 0 Å². The highest BCUT2D eigenvalue weighted by Crippen LogP contribution is 2.31. The standard InChI is InChI=1S/C22H28N4O3/c1-23-22(25(2)15-17-9-11-18(28-3)12-10-17)24-13-6-14-26-19-7-4-5-8-20(19)29-16-21(26)27/h4-5,7-12H,6,13-16H2,1-3H3,(H,23,24). The lowest BCUT2D eigenvalue weighted by Gasteiger charge is -2.29. The monoisotopic (exact) mass is 396 g/mol. The summed E-state index contributed by atoms with van der Waals surface area (Å²) in [6.45, 7) is 2.17. The van der Waals surface area contributed by atoms with E-state index >= 15 is 0 Å². The van der Waals surface area contributed by atoms with Gasteiger partial charge in [-0.3, -0.25) is 9.79 Å². The smallest absolute Gasteiger partial charge is 0.265 e. The average molecular weight is 396 g/mol. The maximum atomic E-state index is 12.2. The number of ether oxygens (including phenoxy) is 2. The minimum Gasteiger partial charge on any atom is -0.497 e. The van der Waals surface area contributed by atoms with Crippen LogP contribution in [0, 0.1) is 0 Å². The van der Waals surface area contributed by atoms with Crippen molar-refractivity contribution >= 4 is 17.6 Å². The highest BCUT2D eigenvalue weighted by molar-refractivity contribution is 5.97. The molecule has 1 amide bonds. The molecule has 0 radical (unpaired) electrons. The van der Waals surface area contributed by atoms with Crippen molar-refractivity contribution < 1.29 is 14.3 Å². The van der Waals surface area contributed by atoms with Gasteiger partial charge < -0.3 is 24.6 Å². The second-order valence-electron chi connectivity index (χ2n) is 6.83. The number of methoxy groups -OCH3 is 1. The number of carbonyl (C=O) groups excluding carboxylic acids is 1. The van der Waals surface area contributed by atoms with Crippen molar-refractivity contribution in [2.24, 2.45) is 4.99 Å². The van der Waals surface area contributed by atoms with Crippen LogP contribution in [0.15, 0.2) is 53.5 Å². The fourth-order valence-corrected chi connectivity index (χ4v) is 3.30. The number of amides is 1. The van der Waals surface area contributed by atoms with Crippen LogP contribution in [0.4, 0.5) is 5.69 Å². The van der Waals surface area contributed by atoms with Gasteiger partial charge in [0.2, 0.25) is 0 Å². The van der Waals surface area contributed by atoms with Crippen LogP contribution >= 0.6 is 0 Å².